The molecule has 1 saturated carbocycles. The normalized spacial score (nSPS) is 23.7. The molecule has 2 aliphatic rings. The molecule has 2 atom stereocenters. The molecular formula is C16H22N2O3. The molecule has 21 heavy (non-hydrogen) atoms. The molecule has 2 unspecified atom stereocenters. The minimum absolute atomic E-state index is 0.0913. The predicted octanol–water partition coefficient (Wildman–Crippen LogP) is 2.79. The predicted molar refractivity (Wildman–Crippen MR) is 79.4 cm³/mol. The van der Waals surface area contributed by atoms with E-state index in [0.717, 1.165) is 23.5 Å². The lowest BCUT2D eigenvalue weighted by Crippen LogP contribution is -2.45. The quantitative estimate of drug-likeness (QED) is 0.900. The van der Waals surface area contributed by atoms with Crippen molar-refractivity contribution in [2.45, 2.75) is 45.2 Å². The van der Waals surface area contributed by atoms with Crippen molar-refractivity contribution in [3.8, 4) is 11.5 Å². The Morgan fingerprint density at radius 2 is 2.05 bits per heavy atom. The third-order valence-corrected chi connectivity index (χ3v) is 4.32. The largest absolute Gasteiger partial charge is 0.454 e. The fourth-order valence-corrected chi connectivity index (χ4v) is 2.98. The molecular weight excluding hydrogens is 268 g/mol. The lowest BCUT2D eigenvalue weighted by molar-refractivity contribution is 0.174. The number of urea groups is 1. The number of hydrogen-bond donors (Lipinski definition) is 2. The van der Waals surface area contributed by atoms with E-state index in [1.807, 2.05) is 18.2 Å². The fraction of sp³-hybridized carbons (Fsp3) is 0.562. The maximum absolute atomic E-state index is 12.0. The fourth-order valence-electron chi connectivity index (χ4n) is 2.98. The van der Waals surface area contributed by atoms with Crippen LogP contribution in [-0.2, 0) is 6.54 Å². The van der Waals surface area contributed by atoms with Gasteiger partial charge < -0.3 is 20.1 Å². The molecule has 0 spiro atoms. The average molecular weight is 290 g/mol. The van der Waals surface area contributed by atoms with Crippen LogP contribution in [0.2, 0.25) is 0 Å². The molecule has 3 rings (SSSR count). The van der Waals surface area contributed by atoms with Gasteiger partial charge in [0.05, 0.1) is 0 Å². The van der Waals surface area contributed by atoms with Gasteiger partial charge in [0.15, 0.2) is 11.5 Å². The highest BCUT2D eigenvalue weighted by molar-refractivity contribution is 5.74. The molecule has 0 saturated heterocycles. The summed E-state index contributed by atoms with van der Waals surface area (Å²) in [6.07, 6.45) is 4.77. The van der Waals surface area contributed by atoms with Crippen LogP contribution in [0.4, 0.5) is 4.79 Å². The number of carbonyl (C=O) groups is 1. The van der Waals surface area contributed by atoms with Crippen LogP contribution >= 0.6 is 0 Å². The Kier molecular flexibility index (Phi) is 4.18. The van der Waals surface area contributed by atoms with Crippen molar-refractivity contribution >= 4 is 6.03 Å². The molecule has 5 heteroatoms. The van der Waals surface area contributed by atoms with Crippen LogP contribution in [0.5, 0.6) is 11.5 Å². The van der Waals surface area contributed by atoms with Gasteiger partial charge in [-0.15, -0.1) is 0 Å². The summed E-state index contributed by atoms with van der Waals surface area (Å²) in [6.45, 7) is 2.97. The van der Waals surface area contributed by atoms with E-state index in [-0.39, 0.29) is 12.8 Å². The maximum Gasteiger partial charge on any atom is 0.315 e. The summed E-state index contributed by atoms with van der Waals surface area (Å²) in [5.74, 6) is 2.07. The van der Waals surface area contributed by atoms with Gasteiger partial charge in [-0.2, -0.15) is 0 Å². The van der Waals surface area contributed by atoms with Gasteiger partial charge in [-0.3, -0.25) is 0 Å². The number of rotatable bonds is 3. The number of fused-ring (bicyclic) bond motifs is 1. The molecule has 1 aromatic carbocycles. The van der Waals surface area contributed by atoms with Crippen LogP contribution in [0.1, 0.15) is 38.2 Å². The molecule has 1 aliphatic heterocycles. The Bertz CT molecular complexity index is 518. The van der Waals surface area contributed by atoms with Crippen LogP contribution in [0, 0.1) is 5.92 Å². The van der Waals surface area contributed by atoms with Gasteiger partial charge in [-0.05, 0) is 36.5 Å². The molecule has 1 fully saturated rings. The summed E-state index contributed by atoms with van der Waals surface area (Å²) < 4.78 is 10.6. The number of amides is 2. The second-order valence-electron chi connectivity index (χ2n) is 5.88. The topological polar surface area (TPSA) is 59.6 Å². The van der Waals surface area contributed by atoms with Gasteiger partial charge in [-0.1, -0.05) is 25.8 Å². The van der Waals surface area contributed by atoms with E-state index in [9.17, 15) is 4.79 Å². The minimum Gasteiger partial charge on any atom is -0.454 e. The molecule has 1 aliphatic carbocycles. The molecule has 2 amide bonds. The lowest BCUT2D eigenvalue weighted by Gasteiger charge is -2.29. The van der Waals surface area contributed by atoms with Crippen molar-refractivity contribution in [1.82, 2.24) is 10.6 Å². The summed E-state index contributed by atoms with van der Waals surface area (Å²) in [6, 6.07) is 5.94. The Morgan fingerprint density at radius 3 is 2.90 bits per heavy atom. The van der Waals surface area contributed by atoms with Crippen molar-refractivity contribution < 1.29 is 14.3 Å². The van der Waals surface area contributed by atoms with Crippen LogP contribution in [0.25, 0.3) is 0 Å². The molecule has 0 aromatic heterocycles. The molecule has 2 N–H and O–H groups in total. The monoisotopic (exact) mass is 290 g/mol. The molecule has 5 nitrogen and oxygen atoms in total. The Labute approximate surface area is 125 Å². The first kappa shape index (κ1) is 14.0. The minimum atomic E-state index is -0.0913. The standard InChI is InChI=1S/C16H22N2O3/c1-11-4-2-3-5-13(11)18-16(19)17-9-12-6-7-14-15(8-12)21-10-20-14/h6-8,11,13H,2-5,9-10H2,1H3,(H2,17,18,19). The second-order valence-corrected chi connectivity index (χ2v) is 5.88. The summed E-state index contributed by atoms with van der Waals surface area (Å²) in [5.41, 5.74) is 1.01. The zero-order valence-electron chi connectivity index (χ0n) is 12.4. The smallest absolute Gasteiger partial charge is 0.315 e. The van der Waals surface area contributed by atoms with E-state index < -0.39 is 0 Å². The van der Waals surface area contributed by atoms with Crippen molar-refractivity contribution in [1.29, 1.82) is 0 Å². The van der Waals surface area contributed by atoms with Gasteiger partial charge in [0.25, 0.3) is 0 Å². The van der Waals surface area contributed by atoms with Crippen LogP contribution in [0.15, 0.2) is 18.2 Å². The third kappa shape index (κ3) is 3.40. The number of ether oxygens (including phenoxy) is 2. The SMILES string of the molecule is CC1CCCCC1NC(=O)NCc1ccc2c(c1)OCO2. The van der Waals surface area contributed by atoms with E-state index in [2.05, 4.69) is 17.6 Å². The highest BCUT2D eigenvalue weighted by Crippen LogP contribution is 2.32. The molecule has 0 bridgehead atoms. The van der Waals surface area contributed by atoms with Gasteiger partial charge in [0.2, 0.25) is 6.79 Å². The zero-order valence-corrected chi connectivity index (χ0v) is 12.4. The number of benzene rings is 1. The lowest BCUT2D eigenvalue weighted by atomic mass is 9.86. The van der Waals surface area contributed by atoms with E-state index in [1.165, 1.54) is 19.3 Å². The summed E-state index contributed by atoms with van der Waals surface area (Å²) in [7, 11) is 0. The van der Waals surface area contributed by atoms with Crippen molar-refractivity contribution in [2.75, 3.05) is 6.79 Å². The van der Waals surface area contributed by atoms with Crippen molar-refractivity contribution in [2.24, 2.45) is 5.92 Å². The highest BCUT2D eigenvalue weighted by atomic mass is 16.7. The Balaban J connectivity index is 1.49. The van der Waals surface area contributed by atoms with Crippen molar-refractivity contribution in [3.05, 3.63) is 23.8 Å². The van der Waals surface area contributed by atoms with Gasteiger partial charge in [-0.25, -0.2) is 4.79 Å². The van der Waals surface area contributed by atoms with Gasteiger partial charge >= 0.3 is 6.03 Å². The Morgan fingerprint density at radius 1 is 1.24 bits per heavy atom. The van der Waals surface area contributed by atoms with E-state index >= 15 is 0 Å². The molecule has 1 heterocycles. The first-order valence-corrected chi connectivity index (χ1v) is 7.65. The number of carbonyl (C=O) groups excluding carboxylic acids is 1. The van der Waals surface area contributed by atoms with E-state index in [0.29, 0.717) is 18.5 Å². The van der Waals surface area contributed by atoms with Gasteiger partial charge in [0.1, 0.15) is 0 Å². The van der Waals surface area contributed by atoms with Crippen LogP contribution < -0.4 is 20.1 Å². The first-order chi connectivity index (χ1) is 10.2. The van der Waals surface area contributed by atoms with E-state index in [4.69, 9.17) is 9.47 Å². The number of hydrogen-bond acceptors (Lipinski definition) is 3. The van der Waals surface area contributed by atoms with Crippen LogP contribution in [-0.4, -0.2) is 18.9 Å². The molecule has 0 radical (unpaired) electrons. The average Bonchev–Trinajstić information content (AvgIpc) is 2.95. The summed E-state index contributed by atoms with van der Waals surface area (Å²) in [4.78, 5) is 12.0. The highest BCUT2D eigenvalue weighted by Gasteiger charge is 2.22. The molecule has 114 valence electrons. The Hall–Kier alpha value is -1.91. The summed E-state index contributed by atoms with van der Waals surface area (Å²) in [5, 5.41) is 6.00. The van der Waals surface area contributed by atoms with Crippen molar-refractivity contribution in [3.63, 3.8) is 0 Å². The second kappa shape index (κ2) is 6.24. The zero-order chi connectivity index (χ0) is 14.7. The van der Waals surface area contributed by atoms with Gasteiger partial charge in [0, 0.05) is 12.6 Å². The molecule has 1 aromatic rings. The maximum atomic E-state index is 12.0. The first-order valence-electron chi connectivity index (χ1n) is 7.65. The van der Waals surface area contributed by atoms with Crippen LogP contribution in [0.3, 0.4) is 0 Å². The number of nitrogens with one attached hydrogen (secondary N) is 2. The summed E-state index contributed by atoms with van der Waals surface area (Å²) >= 11 is 0. The van der Waals surface area contributed by atoms with E-state index in [1.54, 1.807) is 0 Å². The third-order valence-electron chi connectivity index (χ3n) is 4.32.